The molecule has 3 nitrogen and oxygen atoms in total. The van der Waals surface area contributed by atoms with Crippen LogP contribution < -0.4 is 4.74 Å². The van der Waals surface area contributed by atoms with Crippen molar-refractivity contribution in [2.24, 2.45) is 0 Å². The van der Waals surface area contributed by atoms with Gasteiger partial charge in [-0.15, -0.1) is 0 Å². The van der Waals surface area contributed by atoms with Crippen LogP contribution in [-0.2, 0) is 0 Å². The van der Waals surface area contributed by atoms with Gasteiger partial charge in [-0.05, 0) is 38.1 Å². The summed E-state index contributed by atoms with van der Waals surface area (Å²) in [7, 11) is 0. The topological polar surface area (TPSA) is 43.4 Å². The van der Waals surface area contributed by atoms with Crippen molar-refractivity contribution in [2.75, 3.05) is 0 Å². The van der Waals surface area contributed by atoms with E-state index in [0.29, 0.717) is 5.56 Å². The summed E-state index contributed by atoms with van der Waals surface area (Å²) in [5.74, 6) is -0.590. The van der Waals surface area contributed by atoms with E-state index < -0.39 is 5.97 Å². The standard InChI is InChI=1S/C16H13ClO3/c1-10-6-8-12(9-7-10)16(19)20-14-5-3-4-13(17)15(14)11(2)18/h3-9H,1-2H3. The van der Waals surface area contributed by atoms with Gasteiger partial charge in [0.2, 0.25) is 0 Å². The average Bonchev–Trinajstić information content (AvgIpc) is 2.39. The molecular formula is C16H13ClO3. The van der Waals surface area contributed by atoms with Crippen LogP contribution in [0.15, 0.2) is 42.5 Å². The molecule has 0 atom stereocenters. The molecule has 0 amide bonds. The number of esters is 1. The maximum atomic E-state index is 12.0. The first-order valence-electron chi connectivity index (χ1n) is 6.07. The first-order chi connectivity index (χ1) is 9.49. The van der Waals surface area contributed by atoms with Crippen LogP contribution in [0.2, 0.25) is 5.02 Å². The molecule has 0 unspecified atom stereocenters. The van der Waals surface area contributed by atoms with Gasteiger partial charge in [0, 0.05) is 0 Å². The Hall–Kier alpha value is -2.13. The summed E-state index contributed by atoms with van der Waals surface area (Å²) in [6.07, 6.45) is 0. The molecule has 0 spiro atoms. The highest BCUT2D eigenvalue weighted by Crippen LogP contribution is 2.27. The number of halogens is 1. The van der Waals surface area contributed by atoms with Crippen LogP contribution in [0.25, 0.3) is 0 Å². The summed E-state index contributed by atoms with van der Waals surface area (Å²) < 4.78 is 5.27. The molecule has 0 fully saturated rings. The highest BCUT2D eigenvalue weighted by Gasteiger charge is 2.16. The van der Waals surface area contributed by atoms with Gasteiger partial charge < -0.3 is 4.74 Å². The monoisotopic (exact) mass is 288 g/mol. The number of hydrogen-bond acceptors (Lipinski definition) is 3. The van der Waals surface area contributed by atoms with E-state index in [-0.39, 0.29) is 22.1 Å². The van der Waals surface area contributed by atoms with Gasteiger partial charge in [0.1, 0.15) is 5.75 Å². The Morgan fingerprint density at radius 2 is 1.70 bits per heavy atom. The lowest BCUT2D eigenvalue weighted by Crippen LogP contribution is -2.11. The summed E-state index contributed by atoms with van der Waals surface area (Å²) in [6, 6.07) is 11.8. The second-order valence-electron chi connectivity index (χ2n) is 4.42. The summed E-state index contributed by atoms with van der Waals surface area (Å²) in [4.78, 5) is 23.6. The molecule has 2 aromatic carbocycles. The highest BCUT2D eigenvalue weighted by atomic mass is 35.5. The third-order valence-electron chi connectivity index (χ3n) is 2.82. The molecule has 20 heavy (non-hydrogen) atoms. The number of benzene rings is 2. The lowest BCUT2D eigenvalue weighted by Gasteiger charge is -2.09. The third-order valence-corrected chi connectivity index (χ3v) is 3.13. The Morgan fingerprint density at radius 1 is 1.05 bits per heavy atom. The Bertz CT molecular complexity index is 660. The molecule has 0 heterocycles. The van der Waals surface area contributed by atoms with Crippen molar-refractivity contribution in [2.45, 2.75) is 13.8 Å². The zero-order valence-electron chi connectivity index (χ0n) is 11.1. The molecular weight excluding hydrogens is 276 g/mol. The molecule has 0 aliphatic heterocycles. The van der Waals surface area contributed by atoms with Crippen molar-refractivity contribution < 1.29 is 14.3 Å². The van der Waals surface area contributed by atoms with E-state index in [1.165, 1.54) is 6.92 Å². The molecule has 2 rings (SSSR count). The minimum atomic E-state index is -0.519. The molecule has 0 saturated heterocycles. The predicted molar refractivity (Wildman–Crippen MR) is 77.6 cm³/mol. The van der Waals surface area contributed by atoms with E-state index in [0.717, 1.165) is 5.56 Å². The van der Waals surface area contributed by atoms with Crippen molar-refractivity contribution in [3.63, 3.8) is 0 Å². The maximum absolute atomic E-state index is 12.0. The third kappa shape index (κ3) is 3.06. The van der Waals surface area contributed by atoms with Gasteiger partial charge in [-0.25, -0.2) is 4.79 Å². The van der Waals surface area contributed by atoms with Crippen LogP contribution in [0.5, 0.6) is 5.75 Å². The number of ether oxygens (including phenoxy) is 1. The molecule has 4 heteroatoms. The van der Waals surface area contributed by atoms with Crippen LogP contribution in [0.4, 0.5) is 0 Å². The van der Waals surface area contributed by atoms with E-state index in [1.807, 2.05) is 19.1 Å². The minimum Gasteiger partial charge on any atom is -0.422 e. The molecule has 0 aliphatic carbocycles. The van der Waals surface area contributed by atoms with Crippen LogP contribution in [0.3, 0.4) is 0 Å². The van der Waals surface area contributed by atoms with Gasteiger partial charge >= 0.3 is 5.97 Å². The van der Waals surface area contributed by atoms with Crippen LogP contribution >= 0.6 is 11.6 Å². The summed E-state index contributed by atoms with van der Waals surface area (Å²) in [6.45, 7) is 3.31. The van der Waals surface area contributed by atoms with Crippen LogP contribution in [0, 0.1) is 6.92 Å². The van der Waals surface area contributed by atoms with E-state index in [4.69, 9.17) is 16.3 Å². The van der Waals surface area contributed by atoms with Crippen molar-refractivity contribution in [1.29, 1.82) is 0 Å². The number of ketones is 1. The van der Waals surface area contributed by atoms with Gasteiger partial charge in [-0.2, -0.15) is 0 Å². The zero-order chi connectivity index (χ0) is 14.7. The zero-order valence-corrected chi connectivity index (χ0v) is 11.9. The molecule has 0 saturated carbocycles. The smallest absolute Gasteiger partial charge is 0.343 e. The molecule has 2 aromatic rings. The number of carbonyl (C=O) groups excluding carboxylic acids is 2. The minimum absolute atomic E-state index is 0.176. The molecule has 0 N–H and O–H groups in total. The number of aryl methyl sites for hydroxylation is 1. The summed E-state index contributed by atoms with van der Waals surface area (Å²) in [5, 5.41) is 0.270. The maximum Gasteiger partial charge on any atom is 0.343 e. The fourth-order valence-corrected chi connectivity index (χ4v) is 2.08. The Labute approximate surface area is 122 Å². The van der Waals surface area contributed by atoms with E-state index in [1.54, 1.807) is 30.3 Å². The predicted octanol–water partition coefficient (Wildman–Crippen LogP) is 4.07. The summed E-state index contributed by atoms with van der Waals surface area (Å²) in [5.41, 5.74) is 1.69. The average molecular weight is 289 g/mol. The number of hydrogen-bond donors (Lipinski definition) is 0. The number of rotatable bonds is 3. The molecule has 0 radical (unpaired) electrons. The fraction of sp³-hybridized carbons (Fsp3) is 0.125. The van der Waals surface area contributed by atoms with Crippen molar-refractivity contribution >= 4 is 23.4 Å². The molecule has 102 valence electrons. The highest BCUT2D eigenvalue weighted by molar-refractivity contribution is 6.34. The second kappa shape index (κ2) is 5.88. The number of carbonyl (C=O) groups is 2. The molecule has 0 bridgehead atoms. The van der Waals surface area contributed by atoms with Gasteiger partial charge in [-0.1, -0.05) is 35.4 Å². The molecule has 0 aliphatic rings. The van der Waals surface area contributed by atoms with E-state index >= 15 is 0 Å². The SMILES string of the molecule is CC(=O)c1c(Cl)cccc1OC(=O)c1ccc(C)cc1. The van der Waals surface area contributed by atoms with Crippen LogP contribution in [-0.4, -0.2) is 11.8 Å². The normalized spacial score (nSPS) is 10.2. The van der Waals surface area contributed by atoms with E-state index in [9.17, 15) is 9.59 Å². The van der Waals surface area contributed by atoms with Crippen LogP contribution in [0.1, 0.15) is 33.2 Å². The van der Waals surface area contributed by atoms with Crippen molar-refractivity contribution in [3.05, 3.63) is 64.2 Å². The van der Waals surface area contributed by atoms with Gasteiger partial charge in [-0.3, -0.25) is 4.79 Å². The Kier molecular flexibility index (Phi) is 4.20. The quantitative estimate of drug-likeness (QED) is 0.486. The first kappa shape index (κ1) is 14.3. The second-order valence-corrected chi connectivity index (χ2v) is 4.83. The van der Waals surface area contributed by atoms with Crippen molar-refractivity contribution in [3.8, 4) is 5.75 Å². The number of Topliss-reactive ketones (excluding diaryl/α,β-unsaturated/α-hetero) is 1. The fourth-order valence-electron chi connectivity index (χ4n) is 1.78. The van der Waals surface area contributed by atoms with E-state index in [2.05, 4.69) is 0 Å². The summed E-state index contributed by atoms with van der Waals surface area (Å²) >= 11 is 5.96. The Morgan fingerprint density at radius 3 is 2.30 bits per heavy atom. The largest absolute Gasteiger partial charge is 0.422 e. The first-order valence-corrected chi connectivity index (χ1v) is 6.45. The van der Waals surface area contributed by atoms with Gasteiger partial charge in [0.15, 0.2) is 5.78 Å². The lowest BCUT2D eigenvalue weighted by molar-refractivity contribution is 0.0733. The van der Waals surface area contributed by atoms with Gasteiger partial charge in [0.05, 0.1) is 16.1 Å². The lowest BCUT2D eigenvalue weighted by atomic mass is 10.1. The molecule has 0 aromatic heterocycles. The van der Waals surface area contributed by atoms with Crippen molar-refractivity contribution in [1.82, 2.24) is 0 Å². The van der Waals surface area contributed by atoms with Gasteiger partial charge in [0.25, 0.3) is 0 Å². The Balaban J connectivity index is 2.30.